The van der Waals surface area contributed by atoms with Gasteiger partial charge in [-0.25, -0.2) is 0 Å². The van der Waals surface area contributed by atoms with Crippen molar-refractivity contribution in [3.05, 3.63) is 59.3 Å². The molecule has 0 saturated heterocycles. The number of hydrogen-bond donors (Lipinski definition) is 1. The maximum absolute atomic E-state index is 5.97. The molecule has 0 spiro atoms. The summed E-state index contributed by atoms with van der Waals surface area (Å²) in [6.07, 6.45) is 3.44. The number of halogens is 1. The molecule has 2 nitrogen and oxygen atoms in total. The van der Waals surface area contributed by atoms with Gasteiger partial charge < -0.3 is 5.73 Å². The Morgan fingerprint density at radius 1 is 1.00 bits per heavy atom. The summed E-state index contributed by atoms with van der Waals surface area (Å²) in [5, 5.41) is 2.48. The summed E-state index contributed by atoms with van der Waals surface area (Å²) in [6.45, 7) is 0. The summed E-state index contributed by atoms with van der Waals surface area (Å²) in [5.41, 5.74) is 6.66. The molecule has 0 aliphatic rings. The molecule has 0 atom stereocenters. The maximum atomic E-state index is 5.97. The van der Waals surface area contributed by atoms with Gasteiger partial charge in [0.1, 0.15) is 0 Å². The zero-order chi connectivity index (χ0) is 13.2. The maximum Gasteiger partial charge on any atom is 0.0653 e. The van der Waals surface area contributed by atoms with E-state index in [4.69, 9.17) is 5.73 Å². The fourth-order valence-corrected chi connectivity index (χ4v) is 3.36. The highest BCUT2D eigenvalue weighted by molar-refractivity contribution is 9.10. The second kappa shape index (κ2) is 5.23. The molecule has 3 rings (SSSR count). The van der Waals surface area contributed by atoms with Gasteiger partial charge in [-0.2, -0.15) is 0 Å². The molecule has 0 aliphatic carbocycles. The highest BCUT2D eigenvalue weighted by Gasteiger charge is 2.07. The standard InChI is InChI=1S/C15H11BrN2S/c16-13-8-18-9-14(17)15(13)19-12-6-5-10-3-1-2-4-11(10)7-12/h1-9H,17H2. The third-order valence-electron chi connectivity index (χ3n) is 2.82. The van der Waals surface area contributed by atoms with E-state index in [9.17, 15) is 0 Å². The minimum atomic E-state index is 0.688. The lowest BCUT2D eigenvalue weighted by Gasteiger charge is -2.08. The van der Waals surface area contributed by atoms with Crippen LogP contribution in [0.4, 0.5) is 5.69 Å². The summed E-state index contributed by atoms with van der Waals surface area (Å²) in [4.78, 5) is 6.22. The third kappa shape index (κ3) is 2.60. The van der Waals surface area contributed by atoms with Crippen molar-refractivity contribution in [2.24, 2.45) is 0 Å². The van der Waals surface area contributed by atoms with E-state index < -0.39 is 0 Å². The molecule has 0 radical (unpaired) electrons. The van der Waals surface area contributed by atoms with Gasteiger partial charge in [0.2, 0.25) is 0 Å². The van der Waals surface area contributed by atoms with Crippen LogP contribution in [0.25, 0.3) is 10.8 Å². The van der Waals surface area contributed by atoms with E-state index in [1.165, 1.54) is 10.8 Å². The van der Waals surface area contributed by atoms with Crippen LogP contribution in [0, 0.1) is 0 Å². The Morgan fingerprint density at radius 3 is 2.58 bits per heavy atom. The lowest BCUT2D eigenvalue weighted by Crippen LogP contribution is -1.90. The number of nitrogen functional groups attached to an aromatic ring is 1. The van der Waals surface area contributed by atoms with Gasteiger partial charge >= 0.3 is 0 Å². The number of rotatable bonds is 2. The van der Waals surface area contributed by atoms with Crippen LogP contribution in [0.3, 0.4) is 0 Å². The Morgan fingerprint density at radius 2 is 1.79 bits per heavy atom. The Bertz CT molecular complexity index is 723. The normalized spacial score (nSPS) is 10.8. The SMILES string of the molecule is Nc1cncc(Br)c1Sc1ccc2ccccc2c1. The molecule has 0 aliphatic heterocycles. The van der Waals surface area contributed by atoms with E-state index in [1.807, 2.05) is 12.1 Å². The largest absolute Gasteiger partial charge is 0.397 e. The third-order valence-corrected chi connectivity index (χ3v) is 4.83. The Labute approximate surface area is 124 Å². The number of hydrogen-bond acceptors (Lipinski definition) is 3. The topological polar surface area (TPSA) is 38.9 Å². The first kappa shape index (κ1) is 12.5. The van der Waals surface area contributed by atoms with Crippen LogP contribution in [-0.4, -0.2) is 4.98 Å². The zero-order valence-electron chi connectivity index (χ0n) is 10.0. The minimum absolute atomic E-state index is 0.688. The molecule has 2 N–H and O–H groups in total. The van der Waals surface area contributed by atoms with Crippen LogP contribution in [0.1, 0.15) is 0 Å². The molecule has 0 bridgehead atoms. The van der Waals surface area contributed by atoms with Crippen molar-refractivity contribution in [1.29, 1.82) is 0 Å². The molecule has 19 heavy (non-hydrogen) atoms. The summed E-state index contributed by atoms with van der Waals surface area (Å²) < 4.78 is 0.922. The number of pyridine rings is 1. The van der Waals surface area contributed by atoms with Crippen molar-refractivity contribution in [3.8, 4) is 0 Å². The zero-order valence-corrected chi connectivity index (χ0v) is 12.4. The van der Waals surface area contributed by atoms with Crippen molar-refractivity contribution in [2.75, 3.05) is 5.73 Å². The van der Waals surface area contributed by atoms with E-state index in [0.717, 1.165) is 14.3 Å². The van der Waals surface area contributed by atoms with E-state index in [1.54, 1.807) is 24.2 Å². The monoisotopic (exact) mass is 330 g/mol. The van der Waals surface area contributed by atoms with Crippen molar-refractivity contribution >= 4 is 44.2 Å². The molecule has 3 aromatic rings. The van der Waals surface area contributed by atoms with Crippen LogP contribution < -0.4 is 5.73 Å². The summed E-state index contributed by atoms with van der Waals surface area (Å²) in [7, 11) is 0. The van der Waals surface area contributed by atoms with Gasteiger partial charge in [-0.1, -0.05) is 42.1 Å². The Kier molecular flexibility index (Phi) is 3.44. The second-order valence-corrected chi connectivity index (χ2v) is 6.09. The van der Waals surface area contributed by atoms with Gasteiger partial charge in [0.25, 0.3) is 0 Å². The lowest BCUT2D eigenvalue weighted by molar-refractivity contribution is 1.24. The fraction of sp³-hybridized carbons (Fsp3) is 0. The number of anilines is 1. The summed E-state index contributed by atoms with van der Waals surface area (Å²) in [5.74, 6) is 0. The molecular formula is C15H11BrN2S. The number of nitrogens with zero attached hydrogens (tertiary/aromatic N) is 1. The van der Waals surface area contributed by atoms with Gasteiger partial charge in [0, 0.05) is 11.1 Å². The van der Waals surface area contributed by atoms with Gasteiger partial charge in [-0.05, 0) is 38.8 Å². The number of fused-ring (bicyclic) bond motifs is 1. The van der Waals surface area contributed by atoms with E-state index in [0.29, 0.717) is 5.69 Å². The predicted molar refractivity (Wildman–Crippen MR) is 84.4 cm³/mol. The highest BCUT2D eigenvalue weighted by atomic mass is 79.9. The molecule has 0 fully saturated rings. The van der Waals surface area contributed by atoms with Gasteiger partial charge in [-0.3, -0.25) is 4.98 Å². The second-order valence-electron chi connectivity index (χ2n) is 4.15. The molecular weight excluding hydrogens is 320 g/mol. The molecule has 94 valence electrons. The lowest BCUT2D eigenvalue weighted by atomic mass is 10.1. The smallest absolute Gasteiger partial charge is 0.0653 e. The molecule has 4 heteroatoms. The van der Waals surface area contributed by atoms with E-state index in [2.05, 4.69) is 51.2 Å². The van der Waals surface area contributed by atoms with Crippen molar-refractivity contribution in [2.45, 2.75) is 9.79 Å². The number of nitrogens with two attached hydrogens (primary N) is 1. The van der Waals surface area contributed by atoms with Crippen LogP contribution in [-0.2, 0) is 0 Å². The molecule has 2 aromatic carbocycles. The molecule has 0 amide bonds. The van der Waals surface area contributed by atoms with Crippen LogP contribution in [0.15, 0.2) is 69.1 Å². The average molecular weight is 331 g/mol. The molecule has 1 aromatic heterocycles. The summed E-state index contributed by atoms with van der Waals surface area (Å²) >= 11 is 5.13. The van der Waals surface area contributed by atoms with Gasteiger partial charge in [0.15, 0.2) is 0 Å². The van der Waals surface area contributed by atoms with Crippen LogP contribution in [0.2, 0.25) is 0 Å². The Balaban J connectivity index is 2.01. The quantitative estimate of drug-likeness (QED) is 0.738. The highest BCUT2D eigenvalue weighted by Crippen LogP contribution is 2.37. The van der Waals surface area contributed by atoms with Gasteiger partial charge in [-0.15, -0.1) is 0 Å². The first-order valence-electron chi connectivity index (χ1n) is 5.80. The number of aromatic nitrogens is 1. The van der Waals surface area contributed by atoms with E-state index in [-0.39, 0.29) is 0 Å². The fourth-order valence-electron chi connectivity index (χ4n) is 1.89. The predicted octanol–water partition coefficient (Wildman–Crippen LogP) is 4.73. The number of benzene rings is 2. The first-order chi connectivity index (χ1) is 9.24. The van der Waals surface area contributed by atoms with E-state index >= 15 is 0 Å². The molecule has 0 unspecified atom stereocenters. The molecule has 0 saturated carbocycles. The minimum Gasteiger partial charge on any atom is -0.397 e. The summed E-state index contributed by atoms with van der Waals surface area (Å²) in [6, 6.07) is 14.7. The average Bonchev–Trinajstić information content (AvgIpc) is 2.43. The van der Waals surface area contributed by atoms with Crippen LogP contribution >= 0.6 is 27.7 Å². The van der Waals surface area contributed by atoms with Crippen LogP contribution in [0.5, 0.6) is 0 Å². The van der Waals surface area contributed by atoms with Crippen molar-refractivity contribution in [1.82, 2.24) is 4.98 Å². The molecule has 1 heterocycles. The van der Waals surface area contributed by atoms with Gasteiger partial charge in [0.05, 0.1) is 21.3 Å². The Hall–Kier alpha value is -1.52. The van der Waals surface area contributed by atoms with Crippen molar-refractivity contribution < 1.29 is 0 Å². The van der Waals surface area contributed by atoms with Crippen molar-refractivity contribution in [3.63, 3.8) is 0 Å². The first-order valence-corrected chi connectivity index (χ1v) is 7.40.